The lowest BCUT2D eigenvalue weighted by atomic mass is 9.71. The van der Waals surface area contributed by atoms with Crippen LogP contribution in [0.1, 0.15) is 43.8 Å². The van der Waals surface area contributed by atoms with Crippen LogP contribution in [0.5, 0.6) is 5.75 Å². The lowest BCUT2D eigenvalue weighted by Gasteiger charge is -2.41. The molecular weight excluding hydrogens is 556 g/mol. The van der Waals surface area contributed by atoms with E-state index in [9.17, 15) is 23.1 Å². The summed E-state index contributed by atoms with van der Waals surface area (Å²) in [6.07, 6.45) is 1.60. The van der Waals surface area contributed by atoms with Gasteiger partial charge in [-0.1, -0.05) is 11.6 Å². The molecule has 1 saturated heterocycles. The van der Waals surface area contributed by atoms with Crippen molar-refractivity contribution in [2.45, 2.75) is 43.2 Å². The number of piperidine rings is 1. The number of thioether (sulfide) groups is 1. The van der Waals surface area contributed by atoms with Crippen molar-refractivity contribution < 1.29 is 32.2 Å². The number of pyridine rings is 1. The van der Waals surface area contributed by atoms with Crippen molar-refractivity contribution >= 4 is 40.2 Å². The van der Waals surface area contributed by atoms with Crippen LogP contribution in [0, 0.1) is 22.9 Å². The monoisotopic (exact) mass is 584 g/mol. The van der Waals surface area contributed by atoms with Gasteiger partial charge >= 0.3 is 5.97 Å². The second kappa shape index (κ2) is 12.7. The molecule has 1 aromatic heterocycles. The van der Waals surface area contributed by atoms with Crippen molar-refractivity contribution in [3.8, 4) is 5.75 Å². The summed E-state index contributed by atoms with van der Waals surface area (Å²) in [7, 11) is 1.52. The molecule has 4 rings (SSSR count). The summed E-state index contributed by atoms with van der Waals surface area (Å²) in [4.78, 5) is 18.5. The van der Waals surface area contributed by atoms with Gasteiger partial charge in [0.05, 0.1) is 24.1 Å². The number of alkyl halides is 1. The van der Waals surface area contributed by atoms with Crippen LogP contribution in [0.3, 0.4) is 0 Å². The second-order valence-electron chi connectivity index (χ2n) is 9.87. The molecule has 2 aromatic carbocycles. The number of benzene rings is 2. The Balaban J connectivity index is 1.38. The van der Waals surface area contributed by atoms with Gasteiger partial charge in [0.1, 0.15) is 11.9 Å². The van der Waals surface area contributed by atoms with Gasteiger partial charge in [0, 0.05) is 34.3 Å². The molecule has 39 heavy (non-hydrogen) atoms. The van der Waals surface area contributed by atoms with Crippen molar-refractivity contribution in [2.75, 3.05) is 32.5 Å². The van der Waals surface area contributed by atoms with E-state index in [1.54, 1.807) is 18.2 Å². The number of likely N-dealkylation sites (tertiary alicyclic amines) is 1. The van der Waals surface area contributed by atoms with E-state index in [1.807, 2.05) is 0 Å². The van der Waals surface area contributed by atoms with Gasteiger partial charge < -0.3 is 14.7 Å². The minimum atomic E-state index is -1.49. The zero-order valence-electron chi connectivity index (χ0n) is 21.4. The second-order valence-corrected chi connectivity index (χ2v) is 11.4. The van der Waals surface area contributed by atoms with Crippen LogP contribution >= 0.6 is 23.4 Å². The molecule has 5 nitrogen and oxygen atoms in total. The third kappa shape index (κ3) is 7.15. The summed E-state index contributed by atoms with van der Waals surface area (Å²) in [6.45, 7) is 1.85. The molecule has 0 saturated carbocycles. The number of aromatic nitrogens is 1. The van der Waals surface area contributed by atoms with Gasteiger partial charge in [-0.3, -0.25) is 9.78 Å². The number of carboxylic acids is 1. The Morgan fingerprint density at radius 2 is 1.90 bits per heavy atom. The lowest BCUT2D eigenvalue weighted by molar-refractivity contribution is -0.141. The molecule has 0 bridgehead atoms. The average Bonchev–Trinajstić information content (AvgIpc) is 2.90. The Labute approximate surface area is 233 Å². The predicted molar refractivity (Wildman–Crippen MR) is 144 cm³/mol. The zero-order chi connectivity index (χ0) is 28.2. The number of carboxylic acid groups (broad SMARTS) is 1. The number of fused-ring (bicyclic) bond motifs is 1. The minimum absolute atomic E-state index is 0.0604. The maximum Gasteiger partial charge on any atom is 0.303 e. The highest BCUT2D eigenvalue weighted by Gasteiger charge is 2.37. The minimum Gasteiger partial charge on any atom is -0.497 e. The highest BCUT2D eigenvalue weighted by Crippen LogP contribution is 2.44. The zero-order valence-corrected chi connectivity index (χ0v) is 22.9. The number of halogens is 5. The molecule has 1 atom stereocenters. The third-order valence-electron chi connectivity index (χ3n) is 7.39. The highest BCUT2D eigenvalue weighted by atomic mass is 35.5. The number of ether oxygens (including phenoxy) is 1. The van der Waals surface area contributed by atoms with Crippen LogP contribution in [0.25, 0.3) is 10.9 Å². The summed E-state index contributed by atoms with van der Waals surface area (Å²) >= 11 is 7.58. The molecule has 0 radical (unpaired) electrons. The van der Waals surface area contributed by atoms with Crippen LogP contribution in [-0.4, -0.2) is 53.5 Å². The molecule has 1 aliphatic heterocycles. The molecule has 1 aliphatic rings. The quantitative estimate of drug-likeness (QED) is 0.143. The number of carbonyl (C=O) groups is 1. The first-order valence-electron chi connectivity index (χ1n) is 12.6. The largest absolute Gasteiger partial charge is 0.497 e. The van der Waals surface area contributed by atoms with E-state index >= 15 is 4.39 Å². The highest BCUT2D eigenvalue weighted by molar-refractivity contribution is 7.99. The van der Waals surface area contributed by atoms with Gasteiger partial charge in [-0.15, -0.1) is 11.8 Å². The van der Waals surface area contributed by atoms with Crippen molar-refractivity contribution in [1.82, 2.24) is 9.88 Å². The van der Waals surface area contributed by atoms with E-state index in [0.29, 0.717) is 71.8 Å². The number of rotatable bonds is 11. The topological polar surface area (TPSA) is 62.7 Å². The average molecular weight is 585 g/mol. The molecular formula is C28H29ClF4N2O3S. The van der Waals surface area contributed by atoms with Gasteiger partial charge in [-0.05, 0) is 74.5 Å². The molecule has 2 heterocycles. The van der Waals surface area contributed by atoms with Crippen LogP contribution in [0.2, 0.25) is 5.02 Å². The number of methoxy groups -OCH3 is 1. The molecule has 0 spiro atoms. The normalized spacial score (nSPS) is 16.4. The van der Waals surface area contributed by atoms with Gasteiger partial charge in [0.2, 0.25) is 0 Å². The van der Waals surface area contributed by atoms with Crippen LogP contribution in [0.15, 0.2) is 41.4 Å². The van der Waals surface area contributed by atoms with Gasteiger partial charge in [0.25, 0.3) is 0 Å². The first kappa shape index (κ1) is 29.4. The fourth-order valence-electron chi connectivity index (χ4n) is 5.19. The van der Waals surface area contributed by atoms with Crippen molar-refractivity contribution in [3.63, 3.8) is 0 Å². The molecule has 0 amide bonds. The number of hydrogen-bond acceptors (Lipinski definition) is 5. The number of hydrogen-bond donors (Lipinski definition) is 1. The summed E-state index contributed by atoms with van der Waals surface area (Å²) in [5, 5.41) is 10.4. The molecule has 1 unspecified atom stereocenters. The molecule has 3 aromatic rings. The number of aliphatic carboxylic acids is 1. The molecule has 0 aliphatic carbocycles. The van der Waals surface area contributed by atoms with Crippen LogP contribution in [0.4, 0.5) is 17.6 Å². The molecule has 11 heteroatoms. The van der Waals surface area contributed by atoms with Gasteiger partial charge in [-0.25, -0.2) is 17.6 Å². The Bertz CT molecular complexity index is 1310. The first-order valence-corrected chi connectivity index (χ1v) is 13.9. The summed E-state index contributed by atoms with van der Waals surface area (Å²) in [5.41, 5.74) is 0.361. The summed E-state index contributed by atoms with van der Waals surface area (Å²) < 4.78 is 61.1. The Morgan fingerprint density at radius 1 is 1.21 bits per heavy atom. The third-order valence-corrected chi connectivity index (χ3v) is 8.64. The van der Waals surface area contributed by atoms with E-state index in [4.69, 9.17) is 16.3 Å². The molecule has 1 fully saturated rings. The van der Waals surface area contributed by atoms with Crippen molar-refractivity contribution in [2.24, 2.45) is 5.41 Å². The smallest absolute Gasteiger partial charge is 0.303 e. The van der Waals surface area contributed by atoms with Crippen LogP contribution < -0.4 is 4.74 Å². The van der Waals surface area contributed by atoms with Crippen molar-refractivity contribution in [1.29, 1.82) is 0 Å². The SMILES string of the molecule is COc1ccc2ncc(Cl)c(C(F)CCC3(CC(=O)O)CCN(CCSc4cc(F)c(F)c(F)c4)CC3)c2c1. The Kier molecular flexibility index (Phi) is 9.61. The first-order chi connectivity index (χ1) is 18.6. The Morgan fingerprint density at radius 3 is 2.54 bits per heavy atom. The fourth-order valence-corrected chi connectivity index (χ4v) is 6.41. The van der Waals surface area contributed by atoms with Crippen molar-refractivity contribution in [3.05, 3.63) is 64.6 Å². The van der Waals surface area contributed by atoms with E-state index in [-0.39, 0.29) is 17.9 Å². The predicted octanol–water partition coefficient (Wildman–Crippen LogP) is 7.45. The van der Waals surface area contributed by atoms with Crippen LogP contribution in [-0.2, 0) is 4.79 Å². The fraction of sp³-hybridized carbons (Fsp3) is 0.429. The van der Waals surface area contributed by atoms with Gasteiger partial charge in [0.15, 0.2) is 17.5 Å². The van der Waals surface area contributed by atoms with E-state index < -0.39 is 35.0 Å². The van der Waals surface area contributed by atoms with E-state index in [2.05, 4.69) is 9.88 Å². The molecule has 1 N–H and O–H groups in total. The lowest BCUT2D eigenvalue weighted by Crippen LogP contribution is -2.42. The number of nitrogens with zero attached hydrogens (tertiary/aromatic N) is 2. The molecule has 210 valence electrons. The maximum atomic E-state index is 15.7. The van der Waals surface area contributed by atoms with E-state index in [1.165, 1.54) is 25.1 Å². The Hall–Kier alpha value is -2.56. The van der Waals surface area contributed by atoms with Gasteiger partial charge in [-0.2, -0.15) is 0 Å². The maximum absolute atomic E-state index is 15.7. The summed E-state index contributed by atoms with van der Waals surface area (Å²) in [5.74, 6) is -3.77. The van der Waals surface area contributed by atoms with E-state index in [0.717, 1.165) is 12.1 Å². The summed E-state index contributed by atoms with van der Waals surface area (Å²) in [6, 6.07) is 7.13. The standard InChI is InChI=1S/C28H29ClF4N2O3S/c1-38-17-2-3-24-19(12-17)26(20(29)16-34-24)21(30)4-5-28(15-25(36)37)6-8-35(9-7-28)10-11-39-18-13-22(31)27(33)23(32)14-18/h2-3,12-14,16,21H,4-11,15H2,1H3,(H,36,37).